The molecule has 2 aliphatic heterocycles. The number of nitrogens with two attached hydrogens (primary N) is 1. The maximum atomic E-state index is 13.0. The van der Waals surface area contributed by atoms with Crippen LogP contribution in [0.25, 0.3) is 0 Å². The molecule has 0 radical (unpaired) electrons. The van der Waals surface area contributed by atoms with Gasteiger partial charge in [0.2, 0.25) is 0 Å². The minimum atomic E-state index is -4.96. The van der Waals surface area contributed by atoms with E-state index in [9.17, 15) is 22.8 Å². The second kappa shape index (κ2) is 11.8. The number of amides is 2. The molecule has 3 rings (SSSR count). The summed E-state index contributed by atoms with van der Waals surface area (Å²) in [6, 6.07) is -3.32. The topological polar surface area (TPSA) is 208 Å². The first-order valence-electron chi connectivity index (χ1n) is 12.3. The lowest BCUT2D eigenvalue weighted by Crippen LogP contribution is -2.45. The van der Waals surface area contributed by atoms with Gasteiger partial charge in [-0.2, -0.15) is 18.6 Å². The molecule has 2 aliphatic rings. The maximum Gasteiger partial charge on any atom is 0.418 e. The molecule has 0 spiro atoms. The van der Waals surface area contributed by atoms with Crippen molar-refractivity contribution >= 4 is 34.2 Å². The Bertz CT molecular complexity index is 1220. The molecule has 1 fully saturated rings. The van der Waals surface area contributed by atoms with Crippen molar-refractivity contribution in [2.45, 2.75) is 76.6 Å². The number of hydroxylamine groups is 3. The van der Waals surface area contributed by atoms with Crippen LogP contribution < -0.4 is 11.2 Å². The van der Waals surface area contributed by atoms with E-state index in [1.165, 1.54) is 22.8 Å². The van der Waals surface area contributed by atoms with Crippen molar-refractivity contribution < 1.29 is 41.2 Å². The summed E-state index contributed by atoms with van der Waals surface area (Å²) >= 11 is 0. The summed E-state index contributed by atoms with van der Waals surface area (Å²) in [5.41, 5.74) is 8.74. The zero-order chi connectivity index (χ0) is 29.1. The van der Waals surface area contributed by atoms with Gasteiger partial charge < -0.3 is 20.2 Å². The van der Waals surface area contributed by atoms with Crippen LogP contribution in [0, 0.1) is 0 Å². The highest BCUT2D eigenvalue weighted by Gasteiger charge is 2.53. The Balaban J connectivity index is 1.54. The minimum Gasteiger partial charge on any atom is -0.459 e. The molecule has 1 aromatic heterocycles. The molecule has 16 nitrogen and oxygen atoms in total. The van der Waals surface area contributed by atoms with E-state index < -0.39 is 52.1 Å². The molecule has 0 aromatic carbocycles. The molecule has 17 heteroatoms. The van der Waals surface area contributed by atoms with Crippen molar-refractivity contribution in [2.75, 3.05) is 13.6 Å². The highest BCUT2D eigenvalue weighted by molar-refractivity contribution is 7.80. The fourth-order valence-electron chi connectivity index (χ4n) is 4.39. The largest absolute Gasteiger partial charge is 0.459 e. The van der Waals surface area contributed by atoms with Crippen molar-refractivity contribution in [1.82, 2.24) is 25.2 Å². The van der Waals surface area contributed by atoms with Crippen molar-refractivity contribution in [3.8, 4) is 0 Å². The van der Waals surface area contributed by atoms with E-state index in [1.807, 2.05) is 0 Å². The number of ether oxygens (including phenoxy) is 1. The van der Waals surface area contributed by atoms with E-state index in [1.54, 1.807) is 27.8 Å². The number of carbonyl (C=O) groups excluding carboxylic acids is 3. The first-order valence-corrected chi connectivity index (χ1v) is 13.7. The molecule has 2 amide bonds. The summed E-state index contributed by atoms with van der Waals surface area (Å²) in [6.07, 6.45) is 3.70. The molecule has 1 saturated heterocycles. The van der Waals surface area contributed by atoms with Crippen LogP contribution in [0.4, 0.5) is 4.79 Å². The number of carbonyl (C=O) groups is 3. The van der Waals surface area contributed by atoms with Crippen LogP contribution in [0.15, 0.2) is 11.2 Å². The number of esters is 1. The number of fused-ring (bicyclic) bond motifs is 4. The summed E-state index contributed by atoms with van der Waals surface area (Å²) in [7, 11) is -1.90. The second-order valence-corrected chi connectivity index (χ2v) is 11.2. The van der Waals surface area contributed by atoms with Gasteiger partial charge in [-0.25, -0.2) is 15.1 Å². The molecule has 1 aromatic rings. The van der Waals surface area contributed by atoms with Crippen molar-refractivity contribution in [3.63, 3.8) is 0 Å². The molecule has 2 bridgehead atoms. The minimum absolute atomic E-state index is 0.0117. The summed E-state index contributed by atoms with van der Waals surface area (Å²) in [5.74, 6) is -0.945. The first kappa shape index (κ1) is 30.3. The Morgan fingerprint density at radius 1 is 1.31 bits per heavy atom. The first-order chi connectivity index (χ1) is 18.1. The highest BCUT2D eigenvalue weighted by atomic mass is 32.3. The molecule has 0 unspecified atom stereocenters. The lowest BCUT2D eigenvalue weighted by molar-refractivity contribution is -0.156. The van der Waals surface area contributed by atoms with Crippen molar-refractivity contribution in [2.24, 2.45) is 17.8 Å². The number of urea groups is 1. The van der Waals surface area contributed by atoms with Crippen LogP contribution in [0.3, 0.4) is 0 Å². The zero-order valence-electron chi connectivity index (χ0n) is 22.5. The van der Waals surface area contributed by atoms with Crippen molar-refractivity contribution in [1.29, 1.82) is 0 Å². The maximum absolute atomic E-state index is 13.0. The Morgan fingerprint density at radius 3 is 2.62 bits per heavy atom. The third-order valence-corrected chi connectivity index (χ3v) is 6.43. The van der Waals surface area contributed by atoms with Gasteiger partial charge in [0.15, 0.2) is 5.84 Å². The zero-order valence-corrected chi connectivity index (χ0v) is 23.3. The molecular weight excluding hydrogens is 538 g/mol. The number of nitrogens with zero attached hydrogens (tertiary/aromatic N) is 5. The Labute approximate surface area is 226 Å². The number of rotatable bonds is 10. The third-order valence-electron chi connectivity index (χ3n) is 6.08. The van der Waals surface area contributed by atoms with Crippen molar-refractivity contribution in [3.05, 3.63) is 17.5 Å². The van der Waals surface area contributed by atoms with Gasteiger partial charge in [0.1, 0.15) is 23.7 Å². The molecular formula is C22H35N7O9S. The predicted molar refractivity (Wildman–Crippen MR) is 135 cm³/mol. The SMILES string of the molecule is CN=C(NOC(=O)CCCCC[C@H](N)C(=O)OC(C)(C)C)[C@@H]1c2c(cnn2C)[C@@H]2CN1C(=O)N2OS(=O)(=O)O. The second-order valence-electron chi connectivity index (χ2n) is 10.2. The van der Waals surface area contributed by atoms with Crippen LogP contribution in [-0.4, -0.2) is 81.8 Å². The van der Waals surface area contributed by atoms with Gasteiger partial charge in [-0.3, -0.25) is 19.0 Å². The van der Waals surface area contributed by atoms with Gasteiger partial charge in [-0.05, 0) is 33.6 Å². The summed E-state index contributed by atoms with van der Waals surface area (Å²) < 4.78 is 43.0. The van der Waals surface area contributed by atoms with Gasteiger partial charge in [-0.15, -0.1) is 4.28 Å². The van der Waals surface area contributed by atoms with E-state index in [0.717, 1.165) is 0 Å². The molecule has 4 N–H and O–H groups in total. The average molecular weight is 574 g/mol. The van der Waals surface area contributed by atoms with Gasteiger partial charge in [0, 0.05) is 26.1 Å². The van der Waals surface area contributed by atoms with E-state index in [2.05, 4.69) is 19.9 Å². The lowest BCUT2D eigenvalue weighted by Gasteiger charge is -2.31. The number of aromatic nitrogens is 2. The normalized spacial score (nSPS) is 20.1. The summed E-state index contributed by atoms with van der Waals surface area (Å²) in [4.78, 5) is 47.8. The molecule has 0 saturated carbocycles. The van der Waals surface area contributed by atoms with Gasteiger partial charge >= 0.3 is 28.4 Å². The molecule has 218 valence electrons. The van der Waals surface area contributed by atoms with Crippen LogP contribution in [0.2, 0.25) is 0 Å². The number of hydrogen-bond acceptors (Lipinski definition) is 11. The fourth-order valence-corrected chi connectivity index (χ4v) is 4.76. The number of aryl methyl sites for hydroxylation is 1. The van der Waals surface area contributed by atoms with Crippen LogP contribution in [-0.2, 0) is 40.9 Å². The number of hydrogen-bond donors (Lipinski definition) is 3. The van der Waals surface area contributed by atoms with Gasteiger partial charge in [-0.1, -0.05) is 12.8 Å². The molecule has 3 atom stereocenters. The lowest BCUT2D eigenvalue weighted by atomic mass is 9.97. The van der Waals surface area contributed by atoms with Crippen LogP contribution >= 0.6 is 0 Å². The van der Waals surface area contributed by atoms with E-state index in [-0.39, 0.29) is 18.8 Å². The number of amidine groups is 1. The summed E-state index contributed by atoms with van der Waals surface area (Å²) in [6.45, 7) is 5.31. The van der Waals surface area contributed by atoms with Gasteiger partial charge in [0.05, 0.1) is 18.4 Å². The standard InChI is InChI=1S/C22H35N7O9S/c1-22(2,3)36-20(31)14(23)9-7-6-8-10-16(30)37-26-19(24-4)18-17-13(11-25-27(17)5)15-12-28(18)21(32)29(15)38-39(33,34)35/h11,14-15,18H,6-10,12,23H2,1-5H3,(H,24,26)(H,33,34,35)/t14-,15-,18-/m0/s1. The molecule has 0 aliphatic carbocycles. The highest BCUT2D eigenvalue weighted by Crippen LogP contribution is 2.44. The molecule has 3 heterocycles. The van der Waals surface area contributed by atoms with Crippen LogP contribution in [0.1, 0.15) is 76.2 Å². The number of nitrogens with one attached hydrogen (secondary N) is 1. The Morgan fingerprint density at radius 2 is 2.00 bits per heavy atom. The van der Waals surface area contributed by atoms with E-state index in [4.69, 9.17) is 19.9 Å². The molecule has 39 heavy (non-hydrogen) atoms. The third kappa shape index (κ3) is 7.43. The fraction of sp³-hybridized carbons (Fsp3) is 0.682. The Hall–Kier alpha value is -3.28. The number of aliphatic imine (C=N–C) groups is 1. The van der Waals surface area contributed by atoms with E-state index in [0.29, 0.717) is 42.0 Å². The summed E-state index contributed by atoms with van der Waals surface area (Å²) in [5, 5.41) is 4.75. The predicted octanol–water partition coefficient (Wildman–Crippen LogP) is 0.684. The average Bonchev–Trinajstić information content (AvgIpc) is 3.33. The number of unbranched alkanes of at least 4 members (excludes halogenated alkanes) is 2. The van der Waals surface area contributed by atoms with Gasteiger partial charge in [0.25, 0.3) is 0 Å². The Kier molecular flexibility index (Phi) is 9.20. The smallest absolute Gasteiger partial charge is 0.418 e. The monoisotopic (exact) mass is 573 g/mol. The van der Waals surface area contributed by atoms with Crippen LogP contribution in [0.5, 0.6) is 0 Å². The van der Waals surface area contributed by atoms with E-state index >= 15 is 0 Å². The quantitative estimate of drug-likeness (QED) is 0.0882.